The summed E-state index contributed by atoms with van der Waals surface area (Å²) >= 11 is 0. The third-order valence-corrected chi connectivity index (χ3v) is 3.73. The van der Waals surface area contributed by atoms with Gasteiger partial charge in [-0.2, -0.15) is 0 Å². The van der Waals surface area contributed by atoms with Crippen LogP contribution in [0.1, 0.15) is 24.1 Å². The van der Waals surface area contributed by atoms with Crippen molar-refractivity contribution in [2.75, 3.05) is 33.4 Å². The molecule has 1 amide bonds. The minimum absolute atomic E-state index is 0. The zero-order valence-electron chi connectivity index (χ0n) is 15.2. The molecule has 0 aliphatic carbocycles. The fourth-order valence-electron chi connectivity index (χ4n) is 2.52. The van der Waals surface area contributed by atoms with E-state index < -0.39 is 0 Å². The van der Waals surface area contributed by atoms with E-state index in [9.17, 15) is 4.79 Å². The highest BCUT2D eigenvalue weighted by atomic mass is 35.5. The van der Waals surface area contributed by atoms with Gasteiger partial charge in [0.15, 0.2) is 0 Å². The number of rotatable bonds is 10. The average molecular weight is 379 g/mol. The third-order valence-electron chi connectivity index (χ3n) is 3.73. The summed E-state index contributed by atoms with van der Waals surface area (Å²) in [4.78, 5) is 12.3. The zero-order chi connectivity index (χ0) is 17.9. The van der Waals surface area contributed by atoms with E-state index in [4.69, 9.17) is 9.47 Å². The van der Waals surface area contributed by atoms with Crippen LogP contribution in [0.15, 0.2) is 54.6 Å². The van der Waals surface area contributed by atoms with E-state index in [1.807, 2.05) is 61.5 Å². The normalized spacial score (nSPS) is 11.3. The number of carbonyl (C=O) groups is 1. The maximum Gasteiger partial charge on any atom is 0.234 e. The van der Waals surface area contributed by atoms with Crippen LogP contribution in [-0.4, -0.2) is 39.3 Å². The number of ether oxygens (including phenoxy) is 2. The highest BCUT2D eigenvalue weighted by Gasteiger charge is 2.16. The van der Waals surface area contributed by atoms with E-state index in [-0.39, 0.29) is 30.9 Å². The van der Waals surface area contributed by atoms with Gasteiger partial charge in [0.2, 0.25) is 5.91 Å². The molecule has 0 bridgehead atoms. The van der Waals surface area contributed by atoms with Crippen molar-refractivity contribution < 1.29 is 14.3 Å². The molecule has 2 aromatic rings. The first kappa shape index (κ1) is 22.0. The largest absolute Gasteiger partial charge is 0.494 e. The molecule has 0 aliphatic rings. The average Bonchev–Trinajstić information content (AvgIpc) is 2.65. The molecular formula is C20H27ClN2O3. The van der Waals surface area contributed by atoms with Crippen LogP contribution in [0.5, 0.6) is 5.75 Å². The molecule has 2 aromatic carbocycles. The van der Waals surface area contributed by atoms with Crippen LogP contribution < -0.4 is 15.4 Å². The van der Waals surface area contributed by atoms with Crippen LogP contribution >= 0.6 is 12.4 Å². The number of hydrogen-bond acceptors (Lipinski definition) is 4. The van der Waals surface area contributed by atoms with Gasteiger partial charge in [0.05, 0.1) is 25.8 Å². The number of benzene rings is 2. The second kappa shape index (κ2) is 12.3. The van der Waals surface area contributed by atoms with E-state index in [2.05, 4.69) is 10.6 Å². The second-order valence-electron chi connectivity index (χ2n) is 5.58. The van der Waals surface area contributed by atoms with Crippen molar-refractivity contribution in [3.63, 3.8) is 0 Å². The molecule has 0 radical (unpaired) electrons. The molecule has 5 nitrogen and oxygen atoms in total. The number of methoxy groups -OCH3 is 1. The number of carbonyl (C=O) groups excluding carboxylic acids is 1. The quantitative estimate of drug-likeness (QED) is 0.624. The molecule has 1 unspecified atom stereocenters. The molecule has 0 saturated carbocycles. The lowest BCUT2D eigenvalue weighted by molar-refractivity contribution is -0.120. The maximum atomic E-state index is 12.3. The Morgan fingerprint density at radius 2 is 1.69 bits per heavy atom. The summed E-state index contributed by atoms with van der Waals surface area (Å²) in [5.41, 5.74) is 2.05. The van der Waals surface area contributed by atoms with Crippen molar-refractivity contribution >= 4 is 18.3 Å². The van der Waals surface area contributed by atoms with Gasteiger partial charge in [0, 0.05) is 13.7 Å². The predicted molar refractivity (Wildman–Crippen MR) is 106 cm³/mol. The van der Waals surface area contributed by atoms with Gasteiger partial charge in [-0.3, -0.25) is 4.79 Å². The summed E-state index contributed by atoms with van der Waals surface area (Å²) in [6, 6.07) is 17.6. The maximum absolute atomic E-state index is 12.3. The Morgan fingerprint density at radius 1 is 1.04 bits per heavy atom. The Kier molecular flexibility index (Phi) is 10.4. The fourth-order valence-corrected chi connectivity index (χ4v) is 2.52. The lowest BCUT2D eigenvalue weighted by Gasteiger charge is -2.20. The first-order chi connectivity index (χ1) is 12.2. The topological polar surface area (TPSA) is 59.6 Å². The van der Waals surface area contributed by atoms with Crippen molar-refractivity contribution in [2.45, 2.75) is 13.0 Å². The van der Waals surface area contributed by atoms with Crippen LogP contribution in [-0.2, 0) is 9.53 Å². The third kappa shape index (κ3) is 7.04. The molecule has 1 atom stereocenters. The molecule has 2 N–H and O–H groups in total. The summed E-state index contributed by atoms with van der Waals surface area (Å²) in [7, 11) is 1.64. The van der Waals surface area contributed by atoms with Gasteiger partial charge in [-0.25, -0.2) is 0 Å². The SMILES string of the molecule is CCOc1ccc(C(NC(=O)CNCCOC)c2ccccc2)cc1.Cl. The van der Waals surface area contributed by atoms with E-state index in [1.165, 1.54) is 0 Å². The molecule has 0 saturated heterocycles. The molecule has 0 aliphatic heterocycles. The Balaban J connectivity index is 0.00000338. The highest BCUT2D eigenvalue weighted by Crippen LogP contribution is 2.24. The van der Waals surface area contributed by atoms with Gasteiger partial charge >= 0.3 is 0 Å². The summed E-state index contributed by atoms with van der Waals surface area (Å²) in [5, 5.41) is 6.16. The van der Waals surface area contributed by atoms with Gasteiger partial charge in [-0.15, -0.1) is 12.4 Å². The summed E-state index contributed by atoms with van der Waals surface area (Å²) < 4.78 is 10.5. The first-order valence-corrected chi connectivity index (χ1v) is 8.51. The lowest BCUT2D eigenvalue weighted by atomic mass is 9.98. The van der Waals surface area contributed by atoms with Crippen molar-refractivity contribution in [1.82, 2.24) is 10.6 Å². The molecule has 142 valence electrons. The number of halogens is 1. The standard InChI is InChI=1S/C20H26N2O3.ClH/c1-3-25-18-11-9-17(10-12-18)20(16-7-5-4-6-8-16)22-19(23)15-21-13-14-24-2;/h4-12,20-21H,3,13-15H2,1-2H3,(H,22,23);1H. The number of hydrogen-bond donors (Lipinski definition) is 2. The van der Waals surface area contributed by atoms with E-state index in [0.29, 0.717) is 19.8 Å². The van der Waals surface area contributed by atoms with Gasteiger partial charge in [0.1, 0.15) is 5.75 Å². The van der Waals surface area contributed by atoms with Crippen LogP contribution in [0.4, 0.5) is 0 Å². The molecule has 2 rings (SSSR count). The van der Waals surface area contributed by atoms with Gasteiger partial charge < -0.3 is 20.1 Å². The van der Waals surface area contributed by atoms with Crippen molar-refractivity contribution in [1.29, 1.82) is 0 Å². The van der Waals surface area contributed by atoms with Crippen molar-refractivity contribution in [3.8, 4) is 5.75 Å². The summed E-state index contributed by atoms with van der Waals surface area (Å²) in [5.74, 6) is 0.768. The summed E-state index contributed by atoms with van der Waals surface area (Å²) in [6.45, 7) is 4.06. The monoisotopic (exact) mass is 378 g/mol. The minimum atomic E-state index is -0.200. The van der Waals surface area contributed by atoms with Crippen molar-refractivity contribution in [3.05, 3.63) is 65.7 Å². The van der Waals surface area contributed by atoms with Crippen LogP contribution in [0, 0.1) is 0 Å². The Labute approximate surface area is 161 Å². The fraction of sp³-hybridized carbons (Fsp3) is 0.350. The highest BCUT2D eigenvalue weighted by molar-refractivity contribution is 5.85. The first-order valence-electron chi connectivity index (χ1n) is 8.51. The lowest BCUT2D eigenvalue weighted by Crippen LogP contribution is -2.37. The molecule has 0 fully saturated rings. The molecule has 0 spiro atoms. The smallest absolute Gasteiger partial charge is 0.234 e. The van der Waals surface area contributed by atoms with E-state index >= 15 is 0 Å². The van der Waals surface area contributed by atoms with Gasteiger partial charge in [-0.1, -0.05) is 42.5 Å². The Hall–Kier alpha value is -2.08. The zero-order valence-corrected chi connectivity index (χ0v) is 16.1. The van der Waals surface area contributed by atoms with Gasteiger partial charge in [-0.05, 0) is 30.2 Å². The molecule has 26 heavy (non-hydrogen) atoms. The molecule has 0 aromatic heterocycles. The number of amides is 1. The van der Waals surface area contributed by atoms with Crippen LogP contribution in [0.3, 0.4) is 0 Å². The molecule has 6 heteroatoms. The van der Waals surface area contributed by atoms with Crippen LogP contribution in [0.25, 0.3) is 0 Å². The van der Waals surface area contributed by atoms with E-state index in [0.717, 1.165) is 16.9 Å². The van der Waals surface area contributed by atoms with Crippen LogP contribution in [0.2, 0.25) is 0 Å². The Bertz CT molecular complexity index is 635. The Morgan fingerprint density at radius 3 is 2.31 bits per heavy atom. The second-order valence-corrected chi connectivity index (χ2v) is 5.58. The predicted octanol–water partition coefficient (Wildman–Crippen LogP) is 2.95. The molecular weight excluding hydrogens is 352 g/mol. The minimum Gasteiger partial charge on any atom is -0.494 e. The number of nitrogens with one attached hydrogen (secondary N) is 2. The molecule has 0 heterocycles. The van der Waals surface area contributed by atoms with Gasteiger partial charge in [0.25, 0.3) is 0 Å². The van der Waals surface area contributed by atoms with E-state index in [1.54, 1.807) is 7.11 Å². The summed E-state index contributed by atoms with van der Waals surface area (Å²) in [6.07, 6.45) is 0. The van der Waals surface area contributed by atoms with Crippen molar-refractivity contribution in [2.24, 2.45) is 0 Å².